The number of carboxylic acid groups (broad SMARTS) is 1. The highest BCUT2D eigenvalue weighted by atomic mass is 16.5. The lowest BCUT2D eigenvalue weighted by Crippen LogP contribution is -2.66. The Balaban J connectivity index is 1.28. The molecule has 1 heterocycles. The van der Waals surface area contributed by atoms with Gasteiger partial charge in [-0.25, -0.2) is 4.98 Å². The van der Waals surface area contributed by atoms with Crippen LogP contribution in [0.3, 0.4) is 0 Å². The van der Waals surface area contributed by atoms with Gasteiger partial charge in [-0.3, -0.25) is 19.3 Å². The molecule has 5 aliphatic rings. The summed E-state index contributed by atoms with van der Waals surface area (Å²) in [7, 11) is 4.12. The number of ether oxygens (including phenoxy) is 1. The number of likely N-dealkylation sites (N-methyl/N-ethyl adjacent to an activating group) is 1. The Morgan fingerprint density at radius 2 is 1.69 bits per heavy atom. The molecule has 0 spiro atoms. The van der Waals surface area contributed by atoms with E-state index in [9.17, 15) is 24.6 Å². The number of hydrogen-bond donors (Lipinski definition) is 2. The average Bonchev–Trinajstić information content (AvgIpc) is 3.70. The Hall–Kier alpha value is -2.56. The molecule has 4 saturated carbocycles. The number of aromatic nitrogens is 1. The van der Waals surface area contributed by atoms with Crippen molar-refractivity contribution in [1.82, 2.24) is 14.8 Å². The first-order valence-corrected chi connectivity index (χ1v) is 21.2. The highest BCUT2D eigenvalue weighted by Crippen LogP contribution is 2.77. The minimum atomic E-state index is -1.17. The van der Waals surface area contributed by atoms with Gasteiger partial charge in [0.05, 0.1) is 30.7 Å². The molecular formula is C45H71N3O7. The maximum absolute atomic E-state index is 14.2. The van der Waals surface area contributed by atoms with Gasteiger partial charge in [0.15, 0.2) is 12.2 Å². The molecule has 0 aliphatic heterocycles. The predicted molar refractivity (Wildman–Crippen MR) is 212 cm³/mol. The van der Waals surface area contributed by atoms with Gasteiger partial charge in [-0.1, -0.05) is 54.0 Å². The van der Waals surface area contributed by atoms with Gasteiger partial charge in [-0.15, -0.1) is 0 Å². The van der Waals surface area contributed by atoms with Crippen LogP contribution >= 0.6 is 0 Å². The molecule has 6 rings (SSSR count). The van der Waals surface area contributed by atoms with E-state index < -0.39 is 28.9 Å². The number of carboxylic acids is 1. The second kappa shape index (κ2) is 14.7. The summed E-state index contributed by atoms with van der Waals surface area (Å²) in [6, 6.07) is 0. The number of hydrogen-bond acceptors (Lipinski definition) is 9. The molecule has 308 valence electrons. The van der Waals surface area contributed by atoms with Crippen molar-refractivity contribution in [3.05, 3.63) is 29.5 Å². The lowest BCUT2D eigenvalue weighted by molar-refractivity contribution is -0.235. The SMILES string of the molecule is CC(C)C1=C2[C@H]3CC[C@@H]4[C@@]5(C)CC[C@@H](OC(=O)CC(C)(C)C(=O)O)C(C)(C)[C@@H]5CC[C@@]4(C)[C@]3(C)CC[C@@]2([C@@H](O)CN(CCN(C)C)Cc2cnco2)CC1=O. The number of aliphatic hydroxyl groups is 1. The number of carbonyl (C=O) groups is 3. The van der Waals surface area contributed by atoms with Crippen LogP contribution in [0.2, 0.25) is 0 Å². The van der Waals surface area contributed by atoms with Crippen molar-refractivity contribution in [3.8, 4) is 0 Å². The Morgan fingerprint density at radius 1 is 0.982 bits per heavy atom. The third-order valence-electron chi connectivity index (χ3n) is 16.7. The highest BCUT2D eigenvalue weighted by Gasteiger charge is 2.71. The molecule has 0 amide bonds. The molecule has 0 bridgehead atoms. The van der Waals surface area contributed by atoms with Crippen LogP contribution in [-0.2, 0) is 25.7 Å². The van der Waals surface area contributed by atoms with Crippen molar-refractivity contribution in [2.24, 2.45) is 56.2 Å². The first-order chi connectivity index (χ1) is 25.5. The molecule has 2 N–H and O–H groups in total. The lowest BCUT2D eigenvalue weighted by Gasteiger charge is -2.72. The summed E-state index contributed by atoms with van der Waals surface area (Å²) in [5, 5.41) is 22.2. The fourth-order valence-corrected chi connectivity index (χ4v) is 13.4. The van der Waals surface area contributed by atoms with Gasteiger partial charge in [0.2, 0.25) is 0 Å². The number of oxazole rings is 1. The quantitative estimate of drug-likeness (QED) is 0.192. The van der Waals surface area contributed by atoms with Crippen LogP contribution in [0.4, 0.5) is 0 Å². The summed E-state index contributed by atoms with van der Waals surface area (Å²) in [6.07, 6.45) is 10.3. The molecule has 5 aliphatic carbocycles. The molecule has 1 aromatic heterocycles. The highest BCUT2D eigenvalue weighted by molar-refractivity contribution is 6.00. The first-order valence-electron chi connectivity index (χ1n) is 21.2. The second-order valence-electron chi connectivity index (χ2n) is 21.1. The number of allylic oxidation sites excluding steroid dienone is 1. The van der Waals surface area contributed by atoms with Crippen LogP contribution in [0, 0.1) is 56.2 Å². The zero-order valence-electron chi connectivity index (χ0n) is 35.8. The number of nitrogens with zero attached hydrogens (tertiary/aromatic N) is 3. The van der Waals surface area contributed by atoms with Crippen LogP contribution < -0.4 is 0 Å². The van der Waals surface area contributed by atoms with Gasteiger partial charge in [-0.05, 0) is 125 Å². The van der Waals surface area contributed by atoms with E-state index >= 15 is 0 Å². The van der Waals surface area contributed by atoms with Gasteiger partial charge in [-0.2, -0.15) is 0 Å². The molecule has 4 fully saturated rings. The molecule has 1 aromatic rings. The maximum atomic E-state index is 14.2. The Morgan fingerprint density at radius 3 is 2.31 bits per heavy atom. The van der Waals surface area contributed by atoms with Gasteiger partial charge >= 0.3 is 11.9 Å². The summed E-state index contributed by atoms with van der Waals surface area (Å²) in [6.45, 7) is 22.3. The van der Waals surface area contributed by atoms with Crippen molar-refractivity contribution in [3.63, 3.8) is 0 Å². The minimum absolute atomic E-state index is 0.0342. The summed E-state index contributed by atoms with van der Waals surface area (Å²) < 4.78 is 11.8. The summed E-state index contributed by atoms with van der Waals surface area (Å²) in [5.74, 6) is 0.745. The van der Waals surface area contributed by atoms with Crippen molar-refractivity contribution in [1.29, 1.82) is 0 Å². The molecular weight excluding hydrogens is 695 g/mol. The van der Waals surface area contributed by atoms with E-state index in [0.29, 0.717) is 31.3 Å². The van der Waals surface area contributed by atoms with Crippen LogP contribution in [-0.4, -0.2) is 88.7 Å². The average molecular weight is 766 g/mol. The largest absolute Gasteiger partial charge is 0.481 e. The number of carbonyl (C=O) groups excluding carboxylic acids is 2. The third kappa shape index (κ3) is 6.96. The molecule has 55 heavy (non-hydrogen) atoms. The van der Waals surface area contributed by atoms with Gasteiger partial charge in [0.1, 0.15) is 11.9 Å². The van der Waals surface area contributed by atoms with Gasteiger partial charge < -0.3 is 24.3 Å². The van der Waals surface area contributed by atoms with E-state index in [0.717, 1.165) is 75.8 Å². The zero-order chi connectivity index (χ0) is 40.5. The normalized spacial score (nSPS) is 36.4. The number of aliphatic carboxylic acids is 1. The van der Waals surface area contributed by atoms with Crippen molar-refractivity contribution in [2.75, 3.05) is 33.7 Å². The van der Waals surface area contributed by atoms with Crippen LogP contribution in [0.5, 0.6) is 0 Å². The second-order valence-corrected chi connectivity index (χ2v) is 21.1. The molecule has 0 saturated heterocycles. The first kappa shape index (κ1) is 42.1. The topological polar surface area (TPSA) is 133 Å². The molecule has 0 unspecified atom stereocenters. The molecule has 0 aromatic carbocycles. The Labute approximate surface area is 330 Å². The van der Waals surface area contributed by atoms with Crippen LogP contribution in [0.1, 0.15) is 132 Å². The number of rotatable bonds is 13. The number of aliphatic hydroxyl groups excluding tert-OH is 1. The number of Topliss-reactive ketones (excluding diaryl/α,β-unsaturated/α-hetero) is 1. The van der Waals surface area contributed by atoms with E-state index in [2.05, 4.69) is 77.3 Å². The number of ketones is 1. The van der Waals surface area contributed by atoms with Crippen molar-refractivity contribution in [2.45, 2.75) is 145 Å². The summed E-state index contributed by atoms with van der Waals surface area (Å²) in [4.78, 5) is 47.7. The van der Waals surface area contributed by atoms with Crippen LogP contribution in [0.25, 0.3) is 0 Å². The van der Waals surface area contributed by atoms with Gasteiger partial charge in [0, 0.05) is 36.9 Å². The fraction of sp³-hybridized carbons (Fsp3) is 0.822. The zero-order valence-corrected chi connectivity index (χ0v) is 35.8. The van der Waals surface area contributed by atoms with E-state index in [1.54, 1.807) is 20.0 Å². The maximum Gasteiger partial charge on any atom is 0.309 e. The molecule has 10 heteroatoms. The standard InChI is InChI=1S/C45H71N3O7/c1-28(2)37-31(49)22-45(34(50)26-48(21-20-47(10)11)25-29-24-46-27-54-29)19-18-43(8)30(38(37)45)12-13-33-42(7)16-15-35(55-36(51)23-40(3,4)39(52)53)41(5,6)32(42)14-17-44(33,43)9/h24,27-28,30,32-35,50H,12-23,25-26H2,1-11H3,(H,52,53)/t30-,32+,33-,34+,35-,42+,43-,44-,45+/m1/s1. The van der Waals surface area contributed by atoms with E-state index in [1.807, 2.05) is 0 Å². The lowest BCUT2D eigenvalue weighted by atomic mass is 9.33. The monoisotopic (exact) mass is 766 g/mol. The predicted octanol–water partition coefficient (Wildman–Crippen LogP) is 7.79. The number of esters is 1. The third-order valence-corrected chi connectivity index (χ3v) is 16.7. The molecule has 0 radical (unpaired) electrons. The van der Waals surface area contributed by atoms with E-state index in [-0.39, 0.29) is 51.8 Å². The van der Waals surface area contributed by atoms with Crippen molar-refractivity contribution < 1.29 is 33.8 Å². The number of fused-ring (bicyclic) bond motifs is 7. The summed E-state index contributed by atoms with van der Waals surface area (Å²) >= 11 is 0. The van der Waals surface area contributed by atoms with Crippen LogP contribution in [0.15, 0.2) is 28.2 Å². The van der Waals surface area contributed by atoms with E-state index in [4.69, 9.17) is 9.15 Å². The fourth-order valence-electron chi connectivity index (χ4n) is 13.4. The smallest absolute Gasteiger partial charge is 0.309 e. The van der Waals surface area contributed by atoms with Gasteiger partial charge in [0.25, 0.3) is 0 Å². The van der Waals surface area contributed by atoms with Crippen molar-refractivity contribution >= 4 is 17.7 Å². The molecule has 9 atom stereocenters. The Bertz CT molecular complexity index is 1650. The minimum Gasteiger partial charge on any atom is -0.481 e. The van der Waals surface area contributed by atoms with E-state index in [1.165, 1.54) is 12.0 Å². The molecule has 10 nitrogen and oxygen atoms in total. The summed E-state index contributed by atoms with van der Waals surface area (Å²) in [5.41, 5.74) is 0.335. The Kier molecular flexibility index (Phi) is 11.2.